The fourth-order valence-corrected chi connectivity index (χ4v) is 2.94. The molecule has 0 amide bonds. The molecule has 1 heterocycles. The number of rotatable bonds is 6. The van der Waals surface area contributed by atoms with Crippen LogP contribution in [0.15, 0.2) is 54.6 Å². The van der Waals surface area contributed by atoms with Crippen molar-refractivity contribution >= 4 is 16.9 Å². The molecule has 3 rings (SSSR count). The molecule has 0 atom stereocenters. The van der Waals surface area contributed by atoms with Crippen LogP contribution in [0.4, 0.5) is 0 Å². The Balaban J connectivity index is 2.05. The first kappa shape index (κ1) is 16.2. The number of para-hydroxylation sites is 1. The second kappa shape index (κ2) is 7.26. The maximum absolute atomic E-state index is 11.0. The fraction of sp³-hybridized carbons (Fsp3) is 0.238. The topological polar surface area (TPSA) is 50.2 Å². The monoisotopic (exact) mass is 319 g/mol. The van der Waals surface area contributed by atoms with Crippen molar-refractivity contribution in [3.8, 4) is 11.3 Å². The lowest BCUT2D eigenvalue weighted by atomic mass is 9.98. The van der Waals surface area contributed by atoms with E-state index >= 15 is 0 Å². The standard InChI is InChI=1S/C21H21NO2/c1-2-3-4-8-18-14-17-7-5-6-9-19(17)22-20(18)15-10-12-16(13-11-15)21(23)24/h5-7,9-14H,2-4,8H2,1H3,(H,23,24). The van der Waals surface area contributed by atoms with Crippen molar-refractivity contribution in [1.82, 2.24) is 4.98 Å². The third-order valence-electron chi connectivity index (χ3n) is 4.26. The number of fused-ring (bicyclic) bond motifs is 1. The summed E-state index contributed by atoms with van der Waals surface area (Å²) in [5.74, 6) is -0.906. The SMILES string of the molecule is CCCCCc1cc2ccccc2nc1-c1ccc(C(=O)O)cc1. The van der Waals surface area contributed by atoms with Crippen LogP contribution in [-0.4, -0.2) is 16.1 Å². The first-order valence-electron chi connectivity index (χ1n) is 8.41. The lowest BCUT2D eigenvalue weighted by Gasteiger charge is -2.11. The number of carboxylic acid groups (broad SMARTS) is 1. The molecule has 3 nitrogen and oxygen atoms in total. The summed E-state index contributed by atoms with van der Waals surface area (Å²) in [5.41, 5.74) is 4.42. The third kappa shape index (κ3) is 3.46. The number of benzene rings is 2. The highest BCUT2D eigenvalue weighted by Gasteiger charge is 2.10. The fourth-order valence-electron chi connectivity index (χ4n) is 2.94. The Labute approximate surface area is 142 Å². The maximum Gasteiger partial charge on any atom is 0.335 e. The van der Waals surface area contributed by atoms with Crippen LogP contribution < -0.4 is 0 Å². The van der Waals surface area contributed by atoms with Crippen molar-refractivity contribution in [3.05, 3.63) is 65.7 Å². The highest BCUT2D eigenvalue weighted by Crippen LogP contribution is 2.27. The van der Waals surface area contributed by atoms with E-state index in [1.54, 1.807) is 12.1 Å². The van der Waals surface area contributed by atoms with Crippen molar-refractivity contribution in [3.63, 3.8) is 0 Å². The van der Waals surface area contributed by atoms with Gasteiger partial charge in [0.05, 0.1) is 16.8 Å². The normalized spacial score (nSPS) is 10.9. The molecule has 0 unspecified atom stereocenters. The van der Waals surface area contributed by atoms with Gasteiger partial charge in [0.1, 0.15) is 0 Å². The summed E-state index contributed by atoms with van der Waals surface area (Å²) in [5, 5.41) is 10.2. The number of pyridine rings is 1. The highest BCUT2D eigenvalue weighted by atomic mass is 16.4. The Kier molecular flexibility index (Phi) is 4.90. The molecule has 2 aromatic carbocycles. The van der Waals surface area contributed by atoms with Gasteiger partial charge in [-0.3, -0.25) is 0 Å². The molecule has 3 heteroatoms. The van der Waals surface area contributed by atoms with E-state index in [2.05, 4.69) is 19.1 Å². The second-order valence-corrected chi connectivity index (χ2v) is 6.03. The zero-order valence-electron chi connectivity index (χ0n) is 13.8. The average molecular weight is 319 g/mol. The Bertz CT molecular complexity index is 853. The molecule has 0 spiro atoms. The lowest BCUT2D eigenvalue weighted by molar-refractivity contribution is 0.0697. The van der Waals surface area contributed by atoms with Gasteiger partial charge in [-0.2, -0.15) is 0 Å². The van der Waals surface area contributed by atoms with Crippen LogP contribution >= 0.6 is 0 Å². The zero-order valence-corrected chi connectivity index (χ0v) is 13.8. The molecule has 0 aliphatic carbocycles. The Morgan fingerprint density at radius 2 is 1.79 bits per heavy atom. The maximum atomic E-state index is 11.0. The number of carbonyl (C=O) groups is 1. The van der Waals surface area contributed by atoms with Crippen LogP contribution in [0.5, 0.6) is 0 Å². The molecular formula is C21H21NO2. The van der Waals surface area contributed by atoms with Gasteiger partial charge in [-0.1, -0.05) is 50.1 Å². The average Bonchev–Trinajstić information content (AvgIpc) is 2.61. The van der Waals surface area contributed by atoms with E-state index in [9.17, 15) is 4.79 Å². The quantitative estimate of drug-likeness (QED) is 0.624. The van der Waals surface area contributed by atoms with E-state index in [1.165, 1.54) is 18.4 Å². The van der Waals surface area contributed by atoms with E-state index in [0.717, 1.165) is 35.0 Å². The highest BCUT2D eigenvalue weighted by molar-refractivity contribution is 5.89. The number of aryl methyl sites for hydroxylation is 1. The van der Waals surface area contributed by atoms with Crippen molar-refractivity contribution < 1.29 is 9.90 Å². The Morgan fingerprint density at radius 1 is 1.04 bits per heavy atom. The van der Waals surface area contributed by atoms with Gasteiger partial charge in [0.15, 0.2) is 0 Å². The minimum Gasteiger partial charge on any atom is -0.478 e. The molecule has 0 fully saturated rings. The first-order valence-corrected chi connectivity index (χ1v) is 8.41. The molecule has 0 radical (unpaired) electrons. The summed E-state index contributed by atoms with van der Waals surface area (Å²) < 4.78 is 0. The van der Waals surface area contributed by atoms with E-state index in [1.807, 2.05) is 30.3 Å². The minimum absolute atomic E-state index is 0.298. The van der Waals surface area contributed by atoms with Gasteiger partial charge in [0.25, 0.3) is 0 Å². The van der Waals surface area contributed by atoms with E-state index in [4.69, 9.17) is 10.1 Å². The third-order valence-corrected chi connectivity index (χ3v) is 4.26. The van der Waals surface area contributed by atoms with Gasteiger partial charge in [0, 0.05) is 10.9 Å². The molecule has 0 saturated carbocycles. The van der Waals surface area contributed by atoms with E-state index in [0.29, 0.717) is 5.56 Å². The number of nitrogens with zero attached hydrogens (tertiary/aromatic N) is 1. The molecular weight excluding hydrogens is 298 g/mol. The summed E-state index contributed by atoms with van der Waals surface area (Å²) in [4.78, 5) is 15.9. The molecule has 1 N–H and O–H groups in total. The zero-order chi connectivity index (χ0) is 16.9. The van der Waals surface area contributed by atoms with Gasteiger partial charge in [-0.05, 0) is 42.7 Å². The summed E-state index contributed by atoms with van der Waals surface area (Å²) in [6.07, 6.45) is 4.51. The predicted octanol–water partition coefficient (Wildman–Crippen LogP) is 5.33. The molecule has 3 aromatic rings. The minimum atomic E-state index is -0.906. The van der Waals surface area contributed by atoms with Crippen LogP contribution in [0, 0.1) is 0 Å². The number of aromatic nitrogens is 1. The molecule has 0 saturated heterocycles. The number of aromatic carboxylic acids is 1. The van der Waals surface area contributed by atoms with Crippen LogP contribution in [0.1, 0.15) is 42.1 Å². The summed E-state index contributed by atoms with van der Waals surface area (Å²) in [7, 11) is 0. The Hall–Kier alpha value is -2.68. The first-order chi connectivity index (χ1) is 11.7. The molecule has 0 aliphatic rings. The van der Waals surface area contributed by atoms with Crippen molar-refractivity contribution in [2.45, 2.75) is 32.6 Å². The van der Waals surface area contributed by atoms with Crippen LogP contribution in [-0.2, 0) is 6.42 Å². The van der Waals surface area contributed by atoms with Gasteiger partial charge < -0.3 is 5.11 Å². The van der Waals surface area contributed by atoms with Gasteiger partial charge in [-0.15, -0.1) is 0 Å². The number of unbranched alkanes of at least 4 members (excludes halogenated alkanes) is 2. The largest absolute Gasteiger partial charge is 0.478 e. The summed E-state index contributed by atoms with van der Waals surface area (Å²) in [6, 6.07) is 17.3. The van der Waals surface area contributed by atoms with Gasteiger partial charge >= 0.3 is 5.97 Å². The molecule has 24 heavy (non-hydrogen) atoms. The van der Waals surface area contributed by atoms with Crippen LogP contribution in [0.3, 0.4) is 0 Å². The number of carboxylic acids is 1. The van der Waals surface area contributed by atoms with E-state index in [-0.39, 0.29) is 0 Å². The van der Waals surface area contributed by atoms with Crippen LogP contribution in [0.2, 0.25) is 0 Å². The lowest BCUT2D eigenvalue weighted by Crippen LogP contribution is -1.98. The number of hydrogen-bond acceptors (Lipinski definition) is 2. The van der Waals surface area contributed by atoms with Crippen molar-refractivity contribution in [1.29, 1.82) is 0 Å². The van der Waals surface area contributed by atoms with Gasteiger partial charge in [0.2, 0.25) is 0 Å². The predicted molar refractivity (Wildman–Crippen MR) is 97.4 cm³/mol. The van der Waals surface area contributed by atoms with E-state index < -0.39 is 5.97 Å². The number of hydrogen-bond donors (Lipinski definition) is 1. The molecule has 122 valence electrons. The summed E-state index contributed by atoms with van der Waals surface area (Å²) in [6.45, 7) is 2.20. The molecule has 0 aliphatic heterocycles. The summed E-state index contributed by atoms with van der Waals surface area (Å²) >= 11 is 0. The van der Waals surface area contributed by atoms with Crippen molar-refractivity contribution in [2.24, 2.45) is 0 Å². The Morgan fingerprint density at radius 3 is 2.50 bits per heavy atom. The van der Waals surface area contributed by atoms with Crippen molar-refractivity contribution in [2.75, 3.05) is 0 Å². The van der Waals surface area contributed by atoms with Gasteiger partial charge in [-0.25, -0.2) is 9.78 Å². The second-order valence-electron chi connectivity index (χ2n) is 6.03. The molecule has 0 bridgehead atoms. The molecule has 1 aromatic heterocycles. The smallest absolute Gasteiger partial charge is 0.335 e. The van der Waals surface area contributed by atoms with Crippen LogP contribution in [0.25, 0.3) is 22.2 Å².